The Morgan fingerprint density at radius 3 is 2.79 bits per heavy atom. The van der Waals surface area contributed by atoms with Crippen LogP contribution in [0.5, 0.6) is 0 Å². The van der Waals surface area contributed by atoms with Gasteiger partial charge in [0.05, 0.1) is 5.39 Å². The van der Waals surface area contributed by atoms with E-state index in [2.05, 4.69) is 9.97 Å². The molecule has 0 aliphatic carbocycles. The van der Waals surface area contributed by atoms with E-state index in [0.29, 0.717) is 18.2 Å². The Bertz CT molecular complexity index is 1110. The van der Waals surface area contributed by atoms with Gasteiger partial charge in [-0.15, -0.1) is 11.3 Å². The van der Waals surface area contributed by atoms with Gasteiger partial charge < -0.3 is 10.0 Å². The smallest absolute Gasteiger partial charge is 0.341 e. The number of halogens is 1. The van der Waals surface area contributed by atoms with E-state index in [1.807, 2.05) is 0 Å². The first-order valence-electron chi connectivity index (χ1n) is 8.33. The lowest BCUT2D eigenvalue weighted by atomic mass is 10.1. The van der Waals surface area contributed by atoms with E-state index in [1.54, 1.807) is 35.6 Å². The van der Waals surface area contributed by atoms with Gasteiger partial charge in [-0.1, -0.05) is 0 Å². The van der Waals surface area contributed by atoms with Crippen LogP contribution >= 0.6 is 11.3 Å². The van der Waals surface area contributed by atoms with E-state index in [0.717, 1.165) is 6.07 Å². The summed E-state index contributed by atoms with van der Waals surface area (Å²) in [6, 6.07) is 1.04. The number of hydrogen-bond donors (Lipinski definition) is 1. The molecule has 0 unspecified atom stereocenters. The Kier molecular flexibility index (Phi) is 4.57. The van der Waals surface area contributed by atoms with E-state index in [9.17, 15) is 19.1 Å². The van der Waals surface area contributed by atoms with Crippen LogP contribution in [0.3, 0.4) is 0 Å². The van der Waals surface area contributed by atoms with Gasteiger partial charge in [-0.05, 0) is 6.07 Å². The zero-order valence-electron chi connectivity index (χ0n) is 15.0. The van der Waals surface area contributed by atoms with Crippen LogP contribution in [0, 0.1) is 5.82 Å². The number of hydrogen-bond acceptors (Lipinski definition) is 8. The van der Waals surface area contributed by atoms with Crippen LogP contribution in [0.2, 0.25) is 0 Å². The first-order chi connectivity index (χ1) is 13.3. The molecular formula is C17H16FN5O4S. The third-order valence-corrected chi connectivity index (χ3v) is 5.05. The summed E-state index contributed by atoms with van der Waals surface area (Å²) in [7, 11) is 3.54. The second-order valence-electron chi connectivity index (χ2n) is 6.47. The highest BCUT2D eigenvalue weighted by atomic mass is 32.1. The van der Waals surface area contributed by atoms with E-state index in [1.165, 1.54) is 22.1 Å². The van der Waals surface area contributed by atoms with E-state index in [-0.39, 0.29) is 23.0 Å². The summed E-state index contributed by atoms with van der Waals surface area (Å²) in [5, 5.41) is 12.9. The number of thiazole rings is 1. The molecule has 0 saturated carbocycles. The van der Waals surface area contributed by atoms with Gasteiger partial charge in [0.25, 0.3) is 0 Å². The van der Waals surface area contributed by atoms with Gasteiger partial charge in [0.2, 0.25) is 5.43 Å². The Balaban J connectivity index is 1.84. The van der Waals surface area contributed by atoms with Crippen molar-refractivity contribution >= 4 is 34.2 Å². The van der Waals surface area contributed by atoms with Gasteiger partial charge >= 0.3 is 5.97 Å². The van der Waals surface area contributed by atoms with Crippen molar-refractivity contribution in [3.05, 3.63) is 45.4 Å². The number of fused-ring (bicyclic) bond motifs is 1. The summed E-state index contributed by atoms with van der Waals surface area (Å²) in [5.41, 5.74) is -1.11. The van der Waals surface area contributed by atoms with Crippen molar-refractivity contribution in [2.75, 3.05) is 32.1 Å². The Labute approximate surface area is 162 Å². The number of pyridine rings is 2. The van der Waals surface area contributed by atoms with Gasteiger partial charge in [0.15, 0.2) is 22.4 Å². The first kappa shape index (κ1) is 18.5. The van der Waals surface area contributed by atoms with E-state index in [4.69, 9.17) is 4.84 Å². The molecule has 0 spiro atoms. The molecule has 0 radical (unpaired) electrons. The van der Waals surface area contributed by atoms with Crippen molar-refractivity contribution < 1.29 is 19.1 Å². The fraction of sp³-hybridized carbons (Fsp3) is 0.294. The molecule has 11 heteroatoms. The molecule has 4 heterocycles. The molecule has 3 aromatic rings. The summed E-state index contributed by atoms with van der Waals surface area (Å²) in [4.78, 5) is 39.7. The van der Waals surface area contributed by atoms with Crippen LogP contribution in [0.4, 0.5) is 10.2 Å². The first-order valence-corrected chi connectivity index (χ1v) is 9.21. The molecule has 1 fully saturated rings. The topological polar surface area (TPSA) is 101 Å². The zero-order chi connectivity index (χ0) is 20.0. The molecule has 28 heavy (non-hydrogen) atoms. The van der Waals surface area contributed by atoms with Crippen molar-refractivity contribution in [3.8, 4) is 5.13 Å². The largest absolute Gasteiger partial charge is 0.477 e. The molecule has 146 valence electrons. The Morgan fingerprint density at radius 2 is 2.18 bits per heavy atom. The molecule has 1 saturated heterocycles. The molecule has 0 aromatic carbocycles. The lowest BCUT2D eigenvalue weighted by Crippen LogP contribution is -2.54. The minimum absolute atomic E-state index is 0.0811. The summed E-state index contributed by atoms with van der Waals surface area (Å²) in [5.74, 6) is -2.01. The summed E-state index contributed by atoms with van der Waals surface area (Å²) in [6.07, 6.45) is 2.64. The Morgan fingerprint density at radius 1 is 1.43 bits per heavy atom. The molecule has 1 aliphatic heterocycles. The molecule has 0 atom stereocenters. The quantitative estimate of drug-likeness (QED) is 0.635. The fourth-order valence-corrected chi connectivity index (χ4v) is 3.66. The Hall–Kier alpha value is -2.89. The average Bonchev–Trinajstić information content (AvgIpc) is 3.12. The predicted octanol–water partition coefficient (Wildman–Crippen LogP) is 1.36. The number of nitrogens with zero attached hydrogens (tertiary/aromatic N) is 5. The van der Waals surface area contributed by atoms with Crippen molar-refractivity contribution in [1.82, 2.24) is 19.6 Å². The number of anilines is 1. The summed E-state index contributed by atoms with van der Waals surface area (Å²) >= 11 is 1.25. The maximum Gasteiger partial charge on any atom is 0.341 e. The van der Waals surface area contributed by atoms with Gasteiger partial charge in [-0.3, -0.25) is 14.2 Å². The molecule has 1 aliphatic rings. The van der Waals surface area contributed by atoms with Crippen LogP contribution in [0.25, 0.3) is 16.2 Å². The number of carbonyl (C=O) groups is 1. The van der Waals surface area contributed by atoms with E-state index >= 15 is 0 Å². The van der Waals surface area contributed by atoms with Gasteiger partial charge in [0, 0.05) is 45.0 Å². The van der Waals surface area contributed by atoms with Crippen LogP contribution in [-0.2, 0) is 4.84 Å². The molecule has 1 N–H and O–H groups in total. The number of hydroxylamine groups is 2. The second-order valence-corrected chi connectivity index (χ2v) is 7.34. The number of rotatable bonds is 5. The minimum Gasteiger partial charge on any atom is -0.477 e. The van der Waals surface area contributed by atoms with Gasteiger partial charge in [-0.2, -0.15) is 5.06 Å². The minimum atomic E-state index is -1.40. The molecule has 9 nitrogen and oxygen atoms in total. The van der Waals surface area contributed by atoms with E-state index < -0.39 is 22.8 Å². The molecule has 0 amide bonds. The van der Waals surface area contributed by atoms with Crippen LogP contribution in [-0.4, -0.2) is 64.0 Å². The number of carboxylic acids is 1. The van der Waals surface area contributed by atoms with Crippen LogP contribution < -0.4 is 10.3 Å². The van der Waals surface area contributed by atoms with Crippen LogP contribution in [0.1, 0.15) is 10.4 Å². The molecule has 4 rings (SSSR count). The maximum atomic E-state index is 14.7. The standard InChI is InChI=1S/C17H16FN5O4S/c1-21(2)27-9-6-22(7-9)15-12(18)5-10-13(24)11(16(25)26)8-23(14(10)20-15)17-19-3-4-28-17/h3-5,8-9H,6-7H2,1-2H3,(H,25,26). The SMILES string of the molecule is CN(C)OC1CN(c2nc3c(cc2F)c(=O)c(C(=O)O)cn3-c2nccs2)C1. The third kappa shape index (κ3) is 3.13. The highest BCUT2D eigenvalue weighted by molar-refractivity contribution is 7.12. The third-order valence-electron chi connectivity index (χ3n) is 4.28. The molecule has 3 aromatic heterocycles. The average molecular weight is 405 g/mol. The highest BCUT2D eigenvalue weighted by Gasteiger charge is 2.32. The van der Waals surface area contributed by atoms with Gasteiger partial charge in [-0.25, -0.2) is 19.2 Å². The predicted molar refractivity (Wildman–Crippen MR) is 101 cm³/mol. The number of aromatic carboxylic acids is 1. The lowest BCUT2D eigenvalue weighted by Gasteiger charge is -2.40. The van der Waals surface area contributed by atoms with Crippen molar-refractivity contribution in [3.63, 3.8) is 0 Å². The summed E-state index contributed by atoms with van der Waals surface area (Å²) in [6.45, 7) is 0.893. The zero-order valence-corrected chi connectivity index (χ0v) is 15.8. The monoisotopic (exact) mass is 405 g/mol. The van der Waals surface area contributed by atoms with Crippen molar-refractivity contribution in [1.29, 1.82) is 0 Å². The van der Waals surface area contributed by atoms with Gasteiger partial charge in [0.1, 0.15) is 11.7 Å². The maximum absolute atomic E-state index is 14.7. The number of carboxylic acid groups (broad SMARTS) is 1. The second kappa shape index (κ2) is 6.93. The highest BCUT2D eigenvalue weighted by Crippen LogP contribution is 2.27. The normalized spacial score (nSPS) is 14.6. The van der Waals surface area contributed by atoms with Crippen molar-refractivity contribution in [2.45, 2.75) is 6.10 Å². The van der Waals surface area contributed by atoms with Crippen LogP contribution in [0.15, 0.2) is 28.6 Å². The number of aromatic nitrogens is 3. The lowest BCUT2D eigenvalue weighted by molar-refractivity contribution is -0.171. The fourth-order valence-electron chi connectivity index (χ4n) is 3.05. The molecular weight excluding hydrogens is 389 g/mol. The molecule has 0 bridgehead atoms. The van der Waals surface area contributed by atoms with Crippen molar-refractivity contribution in [2.24, 2.45) is 0 Å². The summed E-state index contributed by atoms with van der Waals surface area (Å²) < 4.78 is 16.1.